The van der Waals surface area contributed by atoms with Crippen LogP contribution in [0.25, 0.3) is 0 Å². The van der Waals surface area contributed by atoms with Gasteiger partial charge in [0.2, 0.25) is 0 Å². The standard InChI is InChI=1S/C14H18N2OS/c1-11(17)14(9-15,7-13-8-18-10-16-13)12-5-3-2-4-6-12/h2-6,8,10-11,17H,7,9,15H2,1H3. The summed E-state index contributed by atoms with van der Waals surface area (Å²) in [7, 11) is 0. The van der Waals surface area contributed by atoms with Gasteiger partial charge in [0.15, 0.2) is 0 Å². The van der Waals surface area contributed by atoms with Crippen LogP contribution in [0.2, 0.25) is 0 Å². The van der Waals surface area contributed by atoms with E-state index in [9.17, 15) is 5.11 Å². The zero-order valence-electron chi connectivity index (χ0n) is 10.4. The van der Waals surface area contributed by atoms with Gasteiger partial charge in [0.05, 0.1) is 17.3 Å². The van der Waals surface area contributed by atoms with Crippen LogP contribution in [-0.2, 0) is 11.8 Å². The predicted octanol–water partition coefficient (Wildman–Crippen LogP) is 1.96. The molecule has 0 amide bonds. The van der Waals surface area contributed by atoms with E-state index in [4.69, 9.17) is 5.73 Å². The third-order valence-electron chi connectivity index (χ3n) is 3.49. The first-order valence-corrected chi connectivity index (χ1v) is 6.94. The van der Waals surface area contributed by atoms with Crippen LogP contribution >= 0.6 is 11.3 Å². The van der Waals surface area contributed by atoms with Crippen molar-refractivity contribution in [2.75, 3.05) is 6.54 Å². The van der Waals surface area contributed by atoms with E-state index in [0.717, 1.165) is 11.3 Å². The molecule has 0 saturated heterocycles. The Hall–Kier alpha value is -1.23. The minimum atomic E-state index is -0.522. The highest BCUT2D eigenvalue weighted by Crippen LogP contribution is 2.31. The van der Waals surface area contributed by atoms with Gasteiger partial charge in [0.25, 0.3) is 0 Å². The van der Waals surface area contributed by atoms with Crippen LogP contribution in [0.4, 0.5) is 0 Å². The maximum absolute atomic E-state index is 10.2. The van der Waals surface area contributed by atoms with Crippen LogP contribution in [0.3, 0.4) is 0 Å². The zero-order valence-corrected chi connectivity index (χ0v) is 11.2. The minimum Gasteiger partial charge on any atom is -0.392 e. The lowest BCUT2D eigenvalue weighted by molar-refractivity contribution is 0.0995. The second kappa shape index (κ2) is 5.61. The fourth-order valence-electron chi connectivity index (χ4n) is 2.27. The summed E-state index contributed by atoms with van der Waals surface area (Å²) in [6.45, 7) is 2.19. The fraction of sp³-hybridized carbons (Fsp3) is 0.357. The van der Waals surface area contributed by atoms with Gasteiger partial charge >= 0.3 is 0 Å². The molecule has 2 unspecified atom stereocenters. The van der Waals surface area contributed by atoms with E-state index in [1.165, 1.54) is 0 Å². The SMILES string of the molecule is CC(O)C(CN)(Cc1cscn1)c1ccccc1. The van der Waals surface area contributed by atoms with Crippen molar-refractivity contribution < 1.29 is 5.11 Å². The van der Waals surface area contributed by atoms with Gasteiger partial charge in [0.1, 0.15) is 0 Å². The first-order valence-electron chi connectivity index (χ1n) is 6.00. The molecule has 0 spiro atoms. The maximum atomic E-state index is 10.2. The van der Waals surface area contributed by atoms with Gasteiger partial charge < -0.3 is 10.8 Å². The molecule has 4 heteroatoms. The third-order valence-corrected chi connectivity index (χ3v) is 4.13. The van der Waals surface area contributed by atoms with Gasteiger partial charge in [-0.15, -0.1) is 11.3 Å². The van der Waals surface area contributed by atoms with E-state index in [2.05, 4.69) is 4.98 Å². The lowest BCUT2D eigenvalue weighted by Crippen LogP contribution is -2.46. The number of hydrogen-bond donors (Lipinski definition) is 2. The number of nitrogens with zero attached hydrogens (tertiary/aromatic N) is 1. The Morgan fingerprint density at radius 1 is 1.39 bits per heavy atom. The van der Waals surface area contributed by atoms with Crippen LogP contribution in [0.5, 0.6) is 0 Å². The van der Waals surface area contributed by atoms with E-state index in [1.54, 1.807) is 18.3 Å². The number of rotatable bonds is 5. The van der Waals surface area contributed by atoms with Gasteiger partial charge in [-0.05, 0) is 12.5 Å². The summed E-state index contributed by atoms with van der Waals surface area (Å²) in [5.41, 5.74) is 9.37. The Bertz CT molecular complexity index is 470. The summed E-state index contributed by atoms with van der Waals surface area (Å²) in [5, 5.41) is 12.2. The normalized spacial score (nSPS) is 16.2. The highest BCUT2D eigenvalue weighted by atomic mass is 32.1. The quantitative estimate of drug-likeness (QED) is 0.866. The van der Waals surface area contributed by atoms with Gasteiger partial charge in [-0.2, -0.15) is 0 Å². The Labute approximate surface area is 111 Å². The average Bonchev–Trinajstić information content (AvgIpc) is 2.89. The monoisotopic (exact) mass is 262 g/mol. The zero-order chi connectivity index (χ0) is 13.0. The number of aliphatic hydroxyl groups excluding tert-OH is 1. The van der Waals surface area contributed by atoms with Crippen LogP contribution < -0.4 is 5.73 Å². The Balaban J connectivity index is 2.40. The molecular formula is C14H18N2OS. The maximum Gasteiger partial charge on any atom is 0.0794 e. The van der Waals surface area contributed by atoms with Crippen molar-refractivity contribution in [3.05, 3.63) is 52.5 Å². The van der Waals surface area contributed by atoms with Gasteiger partial charge in [0, 0.05) is 23.8 Å². The molecule has 0 saturated carbocycles. The lowest BCUT2D eigenvalue weighted by Gasteiger charge is -2.35. The van der Waals surface area contributed by atoms with E-state index in [1.807, 2.05) is 41.2 Å². The van der Waals surface area contributed by atoms with Crippen molar-refractivity contribution >= 4 is 11.3 Å². The van der Waals surface area contributed by atoms with E-state index in [0.29, 0.717) is 13.0 Å². The van der Waals surface area contributed by atoms with Crippen molar-refractivity contribution in [2.24, 2.45) is 5.73 Å². The molecule has 1 aromatic carbocycles. The Kier molecular flexibility index (Phi) is 4.11. The first kappa shape index (κ1) is 13.2. The Morgan fingerprint density at radius 3 is 2.61 bits per heavy atom. The van der Waals surface area contributed by atoms with Crippen molar-refractivity contribution in [3.8, 4) is 0 Å². The van der Waals surface area contributed by atoms with Crippen molar-refractivity contribution in [1.82, 2.24) is 4.98 Å². The molecule has 2 atom stereocenters. The highest BCUT2D eigenvalue weighted by Gasteiger charge is 2.36. The van der Waals surface area contributed by atoms with Crippen LogP contribution in [-0.4, -0.2) is 22.7 Å². The minimum absolute atomic E-state index is 0.395. The largest absolute Gasteiger partial charge is 0.392 e. The van der Waals surface area contributed by atoms with Crippen molar-refractivity contribution in [3.63, 3.8) is 0 Å². The molecule has 0 bridgehead atoms. The van der Waals surface area contributed by atoms with Gasteiger partial charge in [-0.25, -0.2) is 4.98 Å². The molecule has 3 nitrogen and oxygen atoms in total. The predicted molar refractivity (Wildman–Crippen MR) is 74.7 cm³/mol. The number of hydrogen-bond acceptors (Lipinski definition) is 4. The molecule has 0 aliphatic heterocycles. The highest BCUT2D eigenvalue weighted by molar-refractivity contribution is 7.07. The van der Waals surface area contributed by atoms with Gasteiger partial charge in [-0.3, -0.25) is 0 Å². The summed E-state index contributed by atoms with van der Waals surface area (Å²) in [6, 6.07) is 9.96. The van der Waals surface area contributed by atoms with E-state index >= 15 is 0 Å². The van der Waals surface area contributed by atoms with Crippen molar-refractivity contribution in [2.45, 2.75) is 24.9 Å². The van der Waals surface area contributed by atoms with Crippen LogP contribution in [0.1, 0.15) is 18.2 Å². The molecule has 96 valence electrons. The summed E-state index contributed by atoms with van der Waals surface area (Å²) in [6.07, 6.45) is 0.140. The van der Waals surface area contributed by atoms with Crippen LogP contribution in [0.15, 0.2) is 41.2 Å². The second-order valence-electron chi connectivity index (χ2n) is 4.56. The van der Waals surface area contributed by atoms with Crippen LogP contribution in [0, 0.1) is 0 Å². The van der Waals surface area contributed by atoms with Crippen molar-refractivity contribution in [1.29, 1.82) is 0 Å². The molecule has 0 radical (unpaired) electrons. The smallest absolute Gasteiger partial charge is 0.0794 e. The number of aromatic nitrogens is 1. The molecule has 18 heavy (non-hydrogen) atoms. The lowest BCUT2D eigenvalue weighted by atomic mass is 9.73. The molecule has 1 heterocycles. The first-order chi connectivity index (χ1) is 8.69. The fourth-order valence-corrected chi connectivity index (χ4v) is 2.83. The topological polar surface area (TPSA) is 59.1 Å². The van der Waals surface area contributed by atoms with Gasteiger partial charge in [-0.1, -0.05) is 30.3 Å². The molecule has 0 aliphatic rings. The summed E-state index contributed by atoms with van der Waals surface area (Å²) < 4.78 is 0. The number of nitrogens with two attached hydrogens (primary N) is 1. The number of thiazole rings is 1. The number of aliphatic hydroxyl groups is 1. The molecule has 1 aromatic heterocycles. The van der Waals surface area contributed by atoms with E-state index < -0.39 is 11.5 Å². The molecular weight excluding hydrogens is 244 g/mol. The van der Waals surface area contributed by atoms with E-state index in [-0.39, 0.29) is 0 Å². The Morgan fingerprint density at radius 2 is 2.11 bits per heavy atom. The molecule has 2 aromatic rings. The summed E-state index contributed by atoms with van der Waals surface area (Å²) in [4.78, 5) is 4.31. The second-order valence-corrected chi connectivity index (χ2v) is 5.28. The molecule has 0 fully saturated rings. The summed E-state index contributed by atoms with van der Waals surface area (Å²) in [5.74, 6) is 0. The molecule has 2 rings (SSSR count). The number of benzene rings is 1. The third kappa shape index (κ3) is 2.46. The molecule has 0 aliphatic carbocycles. The molecule has 3 N–H and O–H groups in total. The average molecular weight is 262 g/mol. The summed E-state index contributed by atoms with van der Waals surface area (Å²) >= 11 is 1.56.